The highest BCUT2D eigenvalue weighted by atomic mass is 35.5. The highest BCUT2D eigenvalue weighted by molar-refractivity contribution is 7.80. The smallest absolute Gasteiger partial charge is 0.356 e. The minimum atomic E-state index is -0.520. The molecule has 2 N–H and O–H groups in total. The van der Waals surface area contributed by atoms with Crippen molar-refractivity contribution in [3.8, 4) is 28.4 Å². The molecule has 7 nitrogen and oxygen atoms in total. The Bertz CT molecular complexity index is 825. The van der Waals surface area contributed by atoms with Crippen LogP contribution in [0.4, 0.5) is 0 Å². The van der Waals surface area contributed by atoms with Crippen molar-refractivity contribution in [1.29, 1.82) is 0 Å². The van der Waals surface area contributed by atoms with Gasteiger partial charge in [0.1, 0.15) is 5.69 Å². The fourth-order valence-electron chi connectivity index (χ4n) is 2.87. The van der Waals surface area contributed by atoms with Gasteiger partial charge in [0.2, 0.25) is 5.75 Å². The van der Waals surface area contributed by atoms with Gasteiger partial charge in [-0.25, -0.2) is 4.79 Å². The molecule has 0 fully saturated rings. The van der Waals surface area contributed by atoms with Crippen LogP contribution in [0.5, 0.6) is 17.2 Å². The van der Waals surface area contributed by atoms with E-state index in [1.54, 1.807) is 20.1 Å². The van der Waals surface area contributed by atoms with E-state index in [9.17, 15) is 4.79 Å². The van der Waals surface area contributed by atoms with Crippen LogP contribution in [0.1, 0.15) is 23.1 Å². The zero-order chi connectivity index (χ0) is 20.7. The number of halogens is 1. The molecule has 2 rings (SSSR count). The maximum atomic E-state index is 12.3. The Balaban J connectivity index is 2.67. The van der Waals surface area contributed by atoms with E-state index in [2.05, 4.69) is 22.9 Å². The van der Waals surface area contributed by atoms with Gasteiger partial charge in [-0.1, -0.05) is 11.6 Å². The molecule has 154 valence electrons. The number of aromatic nitrogens is 1. The van der Waals surface area contributed by atoms with Crippen molar-refractivity contribution in [2.75, 3.05) is 40.2 Å². The summed E-state index contributed by atoms with van der Waals surface area (Å²) in [5.41, 5.74) is 2.21. The Labute approximate surface area is 175 Å². The molecule has 0 saturated carbocycles. The number of rotatable bonds is 10. The first-order valence-corrected chi connectivity index (χ1v) is 9.73. The Morgan fingerprint density at radius 3 is 2.46 bits per heavy atom. The number of nitrogens with one attached hydrogen (secondary N) is 2. The molecule has 0 saturated heterocycles. The molecule has 0 unspecified atom stereocenters. The first-order valence-electron chi connectivity index (χ1n) is 8.72. The lowest BCUT2D eigenvalue weighted by Gasteiger charge is -2.16. The van der Waals surface area contributed by atoms with E-state index in [0.29, 0.717) is 47.2 Å². The summed E-state index contributed by atoms with van der Waals surface area (Å²) in [4.78, 5) is 15.4. The predicted molar refractivity (Wildman–Crippen MR) is 112 cm³/mol. The maximum absolute atomic E-state index is 12.3. The topological polar surface area (TPSA) is 81.8 Å². The average Bonchev–Trinajstić information content (AvgIpc) is 3.03. The van der Waals surface area contributed by atoms with Gasteiger partial charge in [0, 0.05) is 35.7 Å². The van der Waals surface area contributed by atoms with E-state index in [1.165, 1.54) is 14.2 Å². The summed E-state index contributed by atoms with van der Waals surface area (Å²) in [7, 11) is 4.61. The van der Waals surface area contributed by atoms with E-state index in [0.717, 1.165) is 5.69 Å². The van der Waals surface area contributed by atoms with Gasteiger partial charge >= 0.3 is 5.97 Å². The molecule has 1 aromatic carbocycles. The fraction of sp³-hybridized carbons (Fsp3) is 0.421. The molecule has 0 bridgehead atoms. The van der Waals surface area contributed by atoms with Gasteiger partial charge in [-0.15, -0.1) is 0 Å². The largest absolute Gasteiger partial charge is 0.493 e. The van der Waals surface area contributed by atoms with Gasteiger partial charge in [0.15, 0.2) is 11.5 Å². The maximum Gasteiger partial charge on any atom is 0.356 e. The van der Waals surface area contributed by atoms with E-state index < -0.39 is 5.97 Å². The van der Waals surface area contributed by atoms with Crippen LogP contribution >= 0.6 is 24.2 Å². The normalized spacial score (nSPS) is 10.6. The van der Waals surface area contributed by atoms with Gasteiger partial charge in [-0.3, -0.25) is 0 Å². The molecule has 0 radical (unpaired) electrons. The van der Waals surface area contributed by atoms with E-state index in [-0.39, 0.29) is 17.3 Å². The zero-order valence-electron chi connectivity index (χ0n) is 16.3. The molecule has 0 atom stereocenters. The van der Waals surface area contributed by atoms with Gasteiger partial charge in [0.05, 0.1) is 33.0 Å². The summed E-state index contributed by atoms with van der Waals surface area (Å²) in [5, 5.41) is 3.50. The van der Waals surface area contributed by atoms with Crippen molar-refractivity contribution in [2.45, 2.75) is 13.5 Å². The van der Waals surface area contributed by atoms with Gasteiger partial charge in [0.25, 0.3) is 0 Å². The molecule has 9 heteroatoms. The molecular weight excluding hydrogens is 404 g/mol. The molecule has 0 aliphatic carbocycles. The lowest BCUT2D eigenvalue weighted by molar-refractivity contribution is 0.0520. The molecule has 2 aromatic rings. The van der Waals surface area contributed by atoms with Crippen molar-refractivity contribution in [3.63, 3.8) is 0 Å². The molecule has 1 heterocycles. The Morgan fingerprint density at radius 2 is 1.89 bits per heavy atom. The highest BCUT2D eigenvalue weighted by Crippen LogP contribution is 2.47. The van der Waals surface area contributed by atoms with Gasteiger partial charge in [-0.2, -0.15) is 12.6 Å². The van der Waals surface area contributed by atoms with E-state index in [1.807, 2.05) is 6.07 Å². The van der Waals surface area contributed by atoms with Crippen LogP contribution in [0, 0.1) is 0 Å². The minimum Gasteiger partial charge on any atom is -0.493 e. The highest BCUT2D eigenvalue weighted by Gasteiger charge is 2.27. The monoisotopic (exact) mass is 428 g/mol. The summed E-state index contributed by atoms with van der Waals surface area (Å²) < 4.78 is 21.5. The molecule has 28 heavy (non-hydrogen) atoms. The van der Waals surface area contributed by atoms with Crippen LogP contribution in [0.15, 0.2) is 12.1 Å². The van der Waals surface area contributed by atoms with Crippen LogP contribution in [-0.2, 0) is 11.3 Å². The predicted octanol–water partition coefficient (Wildman–Crippen LogP) is 3.56. The van der Waals surface area contributed by atoms with Crippen molar-refractivity contribution >= 4 is 30.2 Å². The van der Waals surface area contributed by atoms with Crippen LogP contribution in [0.2, 0.25) is 5.02 Å². The molecule has 1 aromatic heterocycles. The Kier molecular flexibility index (Phi) is 8.35. The summed E-state index contributed by atoms with van der Waals surface area (Å²) >= 11 is 10.8. The number of hydrogen-bond donors (Lipinski definition) is 3. The number of hydrogen-bond acceptors (Lipinski definition) is 7. The first-order chi connectivity index (χ1) is 13.5. The van der Waals surface area contributed by atoms with Crippen LogP contribution in [-0.4, -0.2) is 51.2 Å². The molecule has 0 spiro atoms. The lowest BCUT2D eigenvalue weighted by atomic mass is 10.0. The number of benzene rings is 1. The van der Waals surface area contributed by atoms with Crippen LogP contribution in [0.3, 0.4) is 0 Å². The molecule has 0 aliphatic heterocycles. The number of carbonyl (C=O) groups excluding carboxylic acids is 1. The molecular formula is C19H25ClN2O5S. The fourth-order valence-corrected chi connectivity index (χ4v) is 3.37. The Morgan fingerprint density at radius 1 is 1.18 bits per heavy atom. The van der Waals surface area contributed by atoms with Crippen molar-refractivity contribution in [1.82, 2.24) is 10.3 Å². The number of ether oxygens (including phenoxy) is 4. The summed E-state index contributed by atoms with van der Waals surface area (Å²) in [6, 6.07) is 3.57. The third-order valence-corrected chi connectivity index (χ3v) is 4.66. The SMILES string of the molecule is CCOC(=O)c1[nH]c(CNCCS)c(-c2ccc(OC)c(OC)c2OC)c1Cl. The van der Waals surface area contributed by atoms with E-state index >= 15 is 0 Å². The zero-order valence-corrected chi connectivity index (χ0v) is 18.0. The van der Waals surface area contributed by atoms with Crippen molar-refractivity contribution < 1.29 is 23.7 Å². The summed E-state index contributed by atoms with van der Waals surface area (Å²) in [6.45, 7) is 3.13. The number of H-pyrrole nitrogens is 1. The van der Waals surface area contributed by atoms with Crippen LogP contribution in [0.25, 0.3) is 11.1 Å². The number of carbonyl (C=O) groups is 1. The first kappa shape index (κ1) is 22.3. The van der Waals surface area contributed by atoms with Gasteiger partial charge in [-0.05, 0) is 19.1 Å². The minimum absolute atomic E-state index is 0.193. The lowest BCUT2D eigenvalue weighted by Crippen LogP contribution is -2.16. The number of esters is 1. The summed E-state index contributed by atoms with van der Waals surface area (Å²) in [5.74, 6) is 1.57. The standard InChI is InChI=1S/C19H25ClN2O5S/c1-5-27-19(23)16-15(20)14(12(22-16)10-21-8-9-28)11-6-7-13(24-2)18(26-4)17(11)25-3/h6-7,21-22,28H,5,8-10H2,1-4H3. The molecule has 0 aliphatic rings. The van der Waals surface area contributed by atoms with E-state index in [4.69, 9.17) is 30.5 Å². The average molecular weight is 429 g/mol. The number of thiol groups is 1. The third-order valence-electron chi connectivity index (χ3n) is 4.06. The Hall–Kier alpha value is -2.03. The second kappa shape index (κ2) is 10.5. The van der Waals surface area contributed by atoms with Crippen molar-refractivity contribution in [3.05, 3.63) is 28.5 Å². The van der Waals surface area contributed by atoms with Crippen LogP contribution < -0.4 is 19.5 Å². The third kappa shape index (κ3) is 4.51. The van der Waals surface area contributed by atoms with Gasteiger partial charge < -0.3 is 29.2 Å². The number of methoxy groups -OCH3 is 3. The second-order valence-corrected chi connectivity index (χ2v) is 6.50. The second-order valence-electron chi connectivity index (χ2n) is 5.67. The quantitative estimate of drug-likeness (QED) is 0.305. The number of aromatic amines is 1. The summed E-state index contributed by atoms with van der Waals surface area (Å²) in [6.07, 6.45) is 0. The van der Waals surface area contributed by atoms with Crippen molar-refractivity contribution in [2.24, 2.45) is 0 Å². The molecule has 0 amide bonds.